The van der Waals surface area contributed by atoms with Crippen molar-refractivity contribution in [3.63, 3.8) is 0 Å². The van der Waals surface area contributed by atoms with Gasteiger partial charge in [-0.05, 0) is 41.1 Å². The molecule has 2 N–H and O–H groups in total. The summed E-state index contributed by atoms with van der Waals surface area (Å²) in [7, 11) is 0. The van der Waals surface area contributed by atoms with Crippen LogP contribution in [0.5, 0.6) is 5.88 Å². The number of benzene rings is 1. The Labute approximate surface area is 159 Å². The number of furan rings is 1. The number of rotatable bonds is 5. The predicted octanol–water partition coefficient (Wildman–Crippen LogP) is 2.85. The van der Waals surface area contributed by atoms with E-state index in [1.807, 2.05) is 0 Å². The molecule has 0 radical (unpaired) electrons. The standard InChI is InChI=1S/C17H12BrF2N3O4/c1-8-22-16(26-7-9-2-3-10(19)6-11(9)20)14(18)17(25)23(8)13-5-4-12(27-13)15(21)24/h2-6H,7H2,1H3,(H2,21,24). The Morgan fingerprint density at radius 3 is 2.70 bits per heavy atom. The summed E-state index contributed by atoms with van der Waals surface area (Å²) in [6.07, 6.45) is 0. The molecule has 0 saturated heterocycles. The Balaban J connectivity index is 1.92. The predicted molar refractivity (Wildman–Crippen MR) is 93.7 cm³/mol. The largest absolute Gasteiger partial charge is 0.472 e. The van der Waals surface area contributed by atoms with E-state index >= 15 is 0 Å². The summed E-state index contributed by atoms with van der Waals surface area (Å²) in [6, 6.07) is 5.80. The molecule has 0 aliphatic heterocycles. The maximum Gasteiger partial charge on any atom is 0.284 e. The van der Waals surface area contributed by atoms with Crippen LogP contribution in [0.4, 0.5) is 8.78 Å². The number of hydrogen-bond donors (Lipinski definition) is 1. The summed E-state index contributed by atoms with van der Waals surface area (Å²) in [5.74, 6) is -2.19. The van der Waals surface area contributed by atoms with Crippen molar-refractivity contribution in [2.24, 2.45) is 5.73 Å². The number of primary amides is 1. The summed E-state index contributed by atoms with van der Waals surface area (Å²) in [4.78, 5) is 27.9. The Morgan fingerprint density at radius 2 is 2.07 bits per heavy atom. The van der Waals surface area contributed by atoms with Gasteiger partial charge in [-0.25, -0.2) is 13.3 Å². The first-order valence-electron chi connectivity index (χ1n) is 7.54. The minimum Gasteiger partial charge on any atom is -0.472 e. The van der Waals surface area contributed by atoms with Crippen molar-refractivity contribution >= 4 is 21.8 Å². The van der Waals surface area contributed by atoms with Gasteiger partial charge in [0.2, 0.25) is 11.8 Å². The first-order valence-corrected chi connectivity index (χ1v) is 8.33. The Hall–Kier alpha value is -3.01. The maximum absolute atomic E-state index is 13.7. The van der Waals surface area contributed by atoms with Gasteiger partial charge in [-0.1, -0.05) is 0 Å². The van der Waals surface area contributed by atoms with E-state index < -0.39 is 23.1 Å². The van der Waals surface area contributed by atoms with Gasteiger partial charge in [0.15, 0.2) is 5.76 Å². The van der Waals surface area contributed by atoms with Crippen LogP contribution in [0.15, 0.2) is 44.0 Å². The highest BCUT2D eigenvalue weighted by atomic mass is 79.9. The molecular formula is C17H12BrF2N3O4. The zero-order valence-electron chi connectivity index (χ0n) is 13.8. The zero-order chi connectivity index (χ0) is 19.7. The average molecular weight is 440 g/mol. The van der Waals surface area contributed by atoms with E-state index in [4.69, 9.17) is 14.9 Å². The molecule has 3 rings (SSSR count). The summed E-state index contributed by atoms with van der Waals surface area (Å²) < 4.78 is 38.4. The van der Waals surface area contributed by atoms with Crippen LogP contribution in [-0.2, 0) is 6.61 Å². The number of amides is 1. The van der Waals surface area contributed by atoms with E-state index in [0.29, 0.717) is 0 Å². The van der Waals surface area contributed by atoms with Crippen LogP contribution in [-0.4, -0.2) is 15.5 Å². The van der Waals surface area contributed by atoms with Crippen molar-refractivity contribution in [3.8, 4) is 11.8 Å². The molecule has 2 aromatic heterocycles. The van der Waals surface area contributed by atoms with Crippen molar-refractivity contribution in [1.29, 1.82) is 0 Å². The van der Waals surface area contributed by atoms with Gasteiger partial charge in [0.1, 0.15) is 28.5 Å². The number of carbonyl (C=O) groups is 1. The summed E-state index contributed by atoms with van der Waals surface area (Å²) in [5, 5.41) is 0. The molecule has 1 amide bonds. The highest BCUT2D eigenvalue weighted by Crippen LogP contribution is 2.23. The minimum absolute atomic E-state index is 0.0346. The van der Waals surface area contributed by atoms with E-state index in [0.717, 1.165) is 16.7 Å². The van der Waals surface area contributed by atoms with Crippen LogP contribution in [0.3, 0.4) is 0 Å². The van der Waals surface area contributed by atoms with E-state index in [2.05, 4.69) is 20.9 Å². The van der Waals surface area contributed by atoms with Crippen LogP contribution in [0, 0.1) is 18.6 Å². The second-order valence-corrected chi connectivity index (χ2v) is 6.24. The van der Waals surface area contributed by atoms with Crippen molar-refractivity contribution in [2.75, 3.05) is 0 Å². The normalized spacial score (nSPS) is 10.8. The lowest BCUT2D eigenvalue weighted by molar-refractivity contribution is 0.0973. The Bertz CT molecular complexity index is 1090. The lowest BCUT2D eigenvalue weighted by atomic mass is 10.2. The monoisotopic (exact) mass is 439 g/mol. The molecule has 0 bridgehead atoms. The maximum atomic E-state index is 13.7. The highest BCUT2D eigenvalue weighted by Gasteiger charge is 2.18. The molecule has 0 atom stereocenters. The number of aromatic nitrogens is 2. The van der Waals surface area contributed by atoms with Crippen LogP contribution >= 0.6 is 15.9 Å². The van der Waals surface area contributed by atoms with E-state index in [9.17, 15) is 18.4 Å². The number of ether oxygens (including phenoxy) is 1. The molecule has 27 heavy (non-hydrogen) atoms. The number of nitrogens with zero attached hydrogens (tertiary/aromatic N) is 2. The molecule has 0 aliphatic carbocycles. The van der Waals surface area contributed by atoms with Crippen molar-refractivity contribution in [3.05, 3.63) is 73.9 Å². The van der Waals surface area contributed by atoms with Crippen molar-refractivity contribution < 1.29 is 22.7 Å². The number of halogens is 3. The third kappa shape index (κ3) is 3.75. The fraction of sp³-hybridized carbons (Fsp3) is 0.118. The van der Waals surface area contributed by atoms with Gasteiger partial charge in [-0.2, -0.15) is 4.98 Å². The van der Waals surface area contributed by atoms with Gasteiger partial charge in [0.25, 0.3) is 11.5 Å². The molecule has 10 heteroatoms. The van der Waals surface area contributed by atoms with Crippen molar-refractivity contribution in [1.82, 2.24) is 9.55 Å². The van der Waals surface area contributed by atoms with E-state index in [1.165, 1.54) is 25.1 Å². The average Bonchev–Trinajstić information content (AvgIpc) is 3.08. The molecule has 3 aromatic rings. The molecule has 7 nitrogen and oxygen atoms in total. The smallest absolute Gasteiger partial charge is 0.284 e. The Morgan fingerprint density at radius 1 is 1.33 bits per heavy atom. The molecule has 0 aliphatic rings. The van der Waals surface area contributed by atoms with Crippen LogP contribution < -0.4 is 16.0 Å². The van der Waals surface area contributed by atoms with Crippen LogP contribution in [0.2, 0.25) is 0 Å². The quantitative estimate of drug-likeness (QED) is 0.658. The second-order valence-electron chi connectivity index (χ2n) is 5.45. The third-order valence-electron chi connectivity index (χ3n) is 3.60. The summed E-state index contributed by atoms with van der Waals surface area (Å²) in [6.45, 7) is 1.26. The van der Waals surface area contributed by atoms with Gasteiger partial charge >= 0.3 is 0 Å². The molecule has 1 aromatic carbocycles. The van der Waals surface area contributed by atoms with Crippen LogP contribution in [0.1, 0.15) is 21.9 Å². The molecule has 0 fully saturated rings. The van der Waals surface area contributed by atoms with Gasteiger partial charge in [-0.15, -0.1) is 0 Å². The molecule has 2 heterocycles. The fourth-order valence-corrected chi connectivity index (χ4v) is 2.68. The second kappa shape index (κ2) is 7.31. The first kappa shape index (κ1) is 18.8. The molecular weight excluding hydrogens is 428 g/mol. The number of hydrogen-bond acceptors (Lipinski definition) is 5. The molecule has 0 spiro atoms. The SMILES string of the molecule is Cc1nc(OCc2ccc(F)cc2F)c(Br)c(=O)n1-c1ccc(C(N)=O)o1. The van der Waals surface area contributed by atoms with Crippen LogP contribution in [0.25, 0.3) is 5.88 Å². The van der Waals surface area contributed by atoms with Crippen molar-refractivity contribution in [2.45, 2.75) is 13.5 Å². The highest BCUT2D eigenvalue weighted by molar-refractivity contribution is 9.10. The van der Waals surface area contributed by atoms with E-state index in [1.54, 1.807) is 0 Å². The van der Waals surface area contributed by atoms with Gasteiger partial charge in [0, 0.05) is 17.7 Å². The lowest BCUT2D eigenvalue weighted by Crippen LogP contribution is -2.23. The van der Waals surface area contributed by atoms with E-state index in [-0.39, 0.29) is 40.0 Å². The van der Waals surface area contributed by atoms with Gasteiger partial charge in [0.05, 0.1) is 0 Å². The number of carbonyl (C=O) groups excluding carboxylic acids is 1. The summed E-state index contributed by atoms with van der Waals surface area (Å²) in [5.41, 5.74) is 4.67. The Kier molecular flexibility index (Phi) is 5.08. The number of aryl methyl sites for hydroxylation is 1. The van der Waals surface area contributed by atoms with Gasteiger partial charge < -0.3 is 14.9 Å². The zero-order valence-corrected chi connectivity index (χ0v) is 15.4. The minimum atomic E-state index is -0.778. The lowest BCUT2D eigenvalue weighted by Gasteiger charge is -2.12. The molecule has 0 unspecified atom stereocenters. The first-order chi connectivity index (χ1) is 12.8. The summed E-state index contributed by atoms with van der Waals surface area (Å²) >= 11 is 3.09. The van der Waals surface area contributed by atoms with Gasteiger partial charge in [-0.3, -0.25) is 9.59 Å². The fourth-order valence-electron chi connectivity index (χ4n) is 2.30. The molecule has 0 saturated carbocycles. The number of nitrogens with two attached hydrogens (primary N) is 1. The third-order valence-corrected chi connectivity index (χ3v) is 4.28. The topological polar surface area (TPSA) is 100 Å². The molecule has 140 valence electrons.